The Morgan fingerprint density at radius 3 is 2.76 bits per heavy atom. The molecule has 0 radical (unpaired) electrons. The van der Waals surface area contributed by atoms with Crippen LogP contribution in [-0.4, -0.2) is 26.0 Å². The number of sulfone groups is 1. The topological polar surface area (TPSA) is 63.2 Å². The Morgan fingerprint density at radius 2 is 2.18 bits per heavy atom. The zero-order valence-electron chi connectivity index (χ0n) is 9.38. The molecule has 0 saturated carbocycles. The molecule has 0 saturated heterocycles. The van der Waals surface area contributed by atoms with Crippen molar-refractivity contribution in [2.24, 2.45) is 0 Å². The fourth-order valence-corrected chi connectivity index (χ4v) is 2.94. The normalized spacial score (nSPS) is 21.4. The third-order valence-corrected chi connectivity index (χ3v) is 3.95. The summed E-state index contributed by atoms with van der Waals surface area (Å²) in [6, 6.07) is 6.81. The first-order valence-electron chi connectivity index (χ1n) is 5.25. The second kappa shape index (κ2) is 4.33. The molecule has 0 unspecified atom stereocenters. The smallest absolute Gasteiger partial charge is 0.173 e. The minimum atomic E-state index is -3.05. The predicted molar refractivity (Wildman–Crippen MR) is 66.8 cm³/mol. The second-order valence-corrected chi connectivity index (χ2v) is 5.98. The van der Waals surface area contributed by atoms with E-state index >= 15 is 0 Å². The fraction of sp³-hybridized carbons (Fsp3) is 0.250. The second-order valence-electron chi connectivity index (χ2n) is 4.05. The number of anilines is 1. The van der Waals surface area contributed by atoms with Crippen molar-refractivity contribution >= 4 is 21.3 Å². The molecule has 2 rings (SSSR count). The van der Waals surface area contributed by atoms with E-state index in [4.69, 9.17) is 0 Å². The van der Waals surface area contributed by atoms with Gasteiger partial charge in [0.05, 0.1) is 11.8 Å². The molecule has 0 spiro atoms. The molecule has 5 heteroatoms. The lowest BCUT2D eigenvalue weighted by molar-refractivity contribution is 0.101. The number of nitrogens with one attached hydrogen (secondary N) is 1. The van der Waals surface area contributed by atoms with Gasteiger partial charge in [-0.25, -0.2) is 8.42 Å². The number of hydrogen-bond donors (Lipinski definition) is 1. The highest BCUT2D eigenvalue weighted by atomic mass is 32.2. The maximum atomic E-state index is 11.2. The maximum Gasteiger partial charge on any atom is 0.173 e. The van der Waals surface area contributed by atoms with Crippen molar-refractivity contribution in [3.05, 3.63) is 41.3 Å². The molecule has 1 aromatic carbocycles. The van der Waals surface area contributed by atoms with Crippen molar-refractivity contribution in [1.82, 2.24) is 0 Å². The molecule has 0 bridgehead atoms. The first-order valence-corrected chi connectivity index (χ1v) is 6.96. The molecule has 0 fully saturated rings. The van der Waals surface area contributed by atoms with Gasteiger partial charge in [0.25, 0.3) is 0 Å². The van der Waals surface area contributed by atoms with Gasteiger partial charge in [-0.05, 0) is 19.1 Å². The van der Waals surface area contributed by atoms with Crippen LogP contribution in [0.15, 0.2) is 35.7 Å². The molecule has 0 aromatic heterocycles. The van der Waals surface area contributed by atoms with Crippen molar-refractivity contribution < 1.29 is 13.2 Å². The van der Waals surface area contributed by atoms with Crippen molar-refractivity contribution in [3.8, 4) is 0 Å². The molecular weight excluding hydrogens is 238 g/mol. The fourth-order valence-electron chi connectivity index (χ4n) is 1.71. The van der Waals surface area contributed by atoms with Gasteiger partial charge in [0.2, 0.25) is 0 Å². The Bertz CT molecular complexity index is 575. The van der Waals surface area contributed by atoms with Gasteiger partial charge in [0.1, 0.15) is 0 Å². The van der Waals surface area contributed by atoms with Gasteiger partial charge in [-0.3, -0.25) is 4.79 Å². The van der Waals surface area contributed by atoms with E-state index in [0.29, 0.717) is 5.56 Å². The quantitative estimate of drug-likeness (QED) is 0.829. The number of rotatable bonds is 3. The van der Waals surface area contributed by atoms with E-state index in [1.54, 1.807) is 24.3 Å². The molecule has 1 aromatic rings. The highest BCUT2D eigenvalue weighted by Crippen LogP contribution is 2.16. The molecule has 17 heavy (non-hydrogen) atoms. The summed E-state index contributed by atoms with van der Waals surface area (Å²) >= 11 is 0. The Balaban J connectivity index is 2.13. The van der Waals surface area contributed by atoms with E-state index < -0.39 is 9.84 Å². The van der Waals surface area contributed by atoms with Crippen molar-refractivity contribution in [3.63, 3.8) is 0 Å². The Kier molecular flexibility index (Phi) is 3.02. The van der Waals surface area contributed by atoms with E-state index in [-0.39, 0.29) is 17.6 Å². The summed E-state index contributed by atoms with van der Waals surface area (Å²) in [5.74, 6) is 0.0559. The number of Topliss-reactive ketones (excluding diaryl/α,β-unsaturated/α-hetero) is 1. The van der Waals surface area contributed by atoms with Crippen LogP contribution in [0.25, 0.3) is 0 Å². The van der Waals surface area contributed by atoms with Gasteiger partial charge in [0.15, 0.2) is 15.6 Å². The third-order valence-electron chi connectivity index (χ3n) is 2.55. The van der Waals surface area contributed by atoms with Crippen molar-refractivity contribution in [2.75, 3.05) is 11.1 Å². The van der Waals surface area contributed by atoms with E-state index in [2.05, 4.69) is 5.32 Å². The molecule has 4 nitrogen and oxygen atoms in total. The van der Waals surface area contributed by atoms with Crippen LogP contribution in [0.1, 0.15) is 17.3 Å². The number of hydrogen-bond acceptors (Lipinski definition) is 4. The van der Waals surface area contributed by atoms with Crippen LogP contribution < -0.4 is 5.32 Å². The Hall–Kier alpha value is -1.62. The first-order chi connectivity index (χ1) is 7.96. The van der Waals surface area contributed by atoms with Gasteiger partial charge < -0.3 is 5.32 Å². The van der Waals surface area contributed by atoms with Crippen molar-refractivity contribution in [2.45, 2.75) is 13.0 Å². The van der Waals surface area contributed by atoms with E-state index in [9.17, 15) is 13.2 Å². The van der Waals surface area contributed by atoms with Gasteiger partial charge in [-0.1, -0.05) is 18.2 Å². The summed E-state index contributed by atoms with van der Waals surface area (Å²) in [5.41, 5.74) is 1.37. The van der Waals surface area contributed by atoms with Crippen LogP contribution >= 0.6 is 0 Å². The standard InChI is InChI=1S/C12H13NO3S/c1-9(14)10-3-2-4-11(7-10)13-12-5-6-17(15,16)8-12/h2-7,12-13H,8H2,1H3/t12-/m0/s1. The van der Waals surface area contributed by atoms with E-state index in [1.807, 2.05) is 6.07 Å². The first kappa shape index (κ1) is 11.9. The summed E-state index contributed by atoms with van der Waals surface area (Å²) in [4.78, 5) is 11.2. The monoisotopic (exact) mass is 251 g/mol. The highest BCUT2D eigenvalue weighted by molar-refractivity contribution is 7.94. The summed E-state index contributed by atoms with van der Waals surface area (Å²) < 4.78 is 22.5. The number of benzene rings is 1. The summed E-state index contributed by atoms with van der Waals surface area (Å²) in [6.07, 6.45) is 1.62. The molecule has 1 heterocycles. The summed E-state index contributed by atoms with van der Waals surface area (Å²) in [5, 5.41) is 4.30. The highest BCUT2D eigenvalue weighted by Gasteiger charge is 2.21. The molecule has 0 aliphatic carbocycles. The zero-order valence-corrected chi connectivity index (χ0v) is 10.2. The summed E-state index contributed by atoms with van der Waals surface area (Å²) in [7, 11) is -3.05. The Labute approximate surface area is 100 Å². The minimum absolute atomic E-state index is 0.0109. The van der Waals surface area contributed by atoms with Gasteiger partial charge >= 0.3 is 0 Å². The van der Waals surface area contributed by atoms with Crippen LogP contribution in [0.2, 0.25) is 0 Å². The van der Waals surface area contributed by atoms with Crippen molar-refractivity contribution in [1.29, 1.82) is 0 Å². The van der Waals surface area contributed by atoms with Gasteiger partial charge in [-0.2, -0.15) is 0 Å². The average Bonchev–Trinajstić information content (AvgIpc) is 2.58. The number of carbonyl (C=O) groups is 1. The van der Waals surface area contributed by atoms with Crippen LogP contribution in [0.5, 0.6) is 0 Å². The maximum absolute atomic E-state index is 11.2. The summed E-state index contributed by atoms with van der Waals surface area (Å²) in [6.45, 7) is 1.50. The lowest BCUT2D eigenvalue weighted by atomic mass is 10.1. The van der Waals surface area contributed by atoms with Crippen LogP contribution in [0.4, 0.5) is 5.69 Å². The SMILES string of the molecule is CC(=O)c1cccc(N[C@H]2C=CS(=O)(=O)C2)c1. The molecule has 0 amide bonds. The molecule has 1 aliphatic heterocycles. The average molecular weight is 251 g/mol. The van der Waals surface area contributed by atoms with Crippen LogP contribution in [-0.2, 0) is 9.84 Å². The Morgan fingerprint density at radius 1 is 1.41 bits per heavy atom. The predicted octanol–water partition coefficient (Wildman–Crippen LogP) is 1.61. The van der Waals surface area contributed by atoms with Crippen LogP contribution in [0.3, 0.4) is 0 Å². The lowest BCUT2D eigenvalue weighted by Crippen LogP contribution is -2.20. The minimum Gasteiger partial charge on any atom is -0.378 e. The largest absolute Gasteiger partial charge is 0.378 e. The van der Waals surface area contributed by atoms with E-state index in [1.165, 1.54) is 12.3 Å². The molecule has 1 N–H and O–H groups in total. The third kappa shape index (κ3) is 2.94. The molecule has 1 aliphatic rings. The van der Waals surface area contributed by atoms with Gasteiger partial charge in [-0.15, -0.1) is 0 Å². The zero-order chi connectivity index (χ0) is 12.5. The number of carbonyl (C=O) groups excluding carboxylic acids is 1. The molecular formula is C12H13NO3S. The lowest BCUT2D eigenvalue weighted by Gasteiger charge is -2.11. The van der Waals surface area contributed by atoms with E-state index in [0.717, 1.165) is 5.69 Å². The van der Waals surface area contributed by atoms with Gasteiger partial charge in [0, 0.05) is 16.7 Å². The molecule has 90 valence electrons. The molecule has 1 atom stereocenters. The number of ketones is 1. The van der Waals surface area contributed by atoms with Crippen LogP contribution in [0, 0.1) is 0 Å².